The Balaban J connectivity index is 1.04. The molecule has 0 fully saturated rings. The van der Waals surface area contributed by atoms with Crippen molar-refractivity contribution in [2.24, 2.45) is 0 Å². The van der Waals surface area contributed by atoms with E-state index < -0.39 is 0 Å². The Hall–Kier alpha value is -7.63. The fourth-order valence-electron chi connectivity index (χ4n) is 8.14. The lowest BCUT2D eigenvalue weighted by Gasteiger charge is -2.12. The molecule has 5 nitrogen and oxygen atoms in total. The van der Waals surface area contributed by atoms with Crippen molar-refractivity contribution >= 4 is 43.7 Å². The lowest BCUT2D eigenvalue weighted by molar-refractivity contribution is 1.14. The van der Waals surface area contributed by atoms with Gasteiger partial charge in [0.05, 0.1) is 27.9 Å². The summed E-state index contributed by atoms with van der Waals surface area (Å²) in [5, 5.41) is 4.77. The monoisotopic (exact) mass is 715 g/mol. The van der Waals surface area contributed by atoms with Crippen LogP contribution >= 0.6 is 0 Å². The van der Waals surface area contributed by atoms with Gasteiger partial charge in [-0.2, -0.15) is 0 Å². The Morgan fingerprint density at radius 3 is 1.52 bits per heavy atom. The molecule has 7 aromatic carbocycles. The Labute approximate surface area is 323 Å². The van der Waals surface area contributed by atoms with Crippen molar-refractivity contribution in [2.45, 2.75) is 0 Å². The highest BCUT2D eigenvalue weighted by Gasteiger charge is 2.17. The maximum atomic E-state index is 5.07. The molecule has 4 aromatic heterocycles. The van der Waals surface area contributed by atoms with Gasteiger partial charge in [-0.15, -0.1) is 0 Å². The summed E-state index contributed by atoms with van der Waals surface area (Å²) in [6.07, 6.45) is 1.87. The number of pyridine rings is 1. The maximum Gasteiger partial charge on any atom is 0.160 e. The quantitative estimate of drug-likeness (QED) is 0.172. The molecule has 0 unspecified atom stereocenters. The number of hydrogen-bond acceptors (Lipinski definition) is 3. The van der Waals surface area contributed by atoms with Gasteiger partial charge in [-0.05, 0) is 71.8 Å². The molecule has 262 valence electrons. The molecule has 0 atom stereocenters. The number of para-hydroxylation sites is 2. The van der Waals surface area contributed by atoms with Gasteiger partial charge in [-0.3, -0.25) is 4.57 Å². The second kappa shape index (κ2) is 13.0. The van der Waals surface area contributed by atoms with Gasteiger partial charge in [0.2, 0.25) is 0 Å². The maximum absolute atomic E-state index is 5.07. The number of fused-ring (bicyclic) bond motifs is 6. The molecule has 0 radical (unpaired) electrons. The third kappa shape index (κ3) is 5.29. The summed E-state index contributed by atoms with van der Waals surface area (Å²) in [5.41, 5.74) is 13.8. The van der Waals surface area contributed by atoms with Crippen LogP contribution in [-0.2, 0) is 0 Å². The number of hydrogen-bond donors (Lipinski definition) is 0. The molecule has 11 aromatic rings. The number of nitrogens with zero attached hydrogens (tertiary/aromatic N) is 5. The Kier molecular flexibility index (Phi) is 7.42. The zero-order valence-electron chi connectivity index (χ0n) is 30.3. The molecule has 0 bridgehead atoms. The van der Waals surface area contributed by atoms with Crippen LogP contribution in [-0.4, -0.2) is 24.1 Å². The summed E-state index contributed by atoms with van der Waals surface area (Å²) in [6.45, 7) is 0. The fraction of sp³-hybridized carbons (Fsp3) is 0. The van der Waals surface area contributed by atoms with Crippen molar-refractivity contribution in [1.82, 2.24) is 24.1 Å². The van der Waals surface area contributed by atoms with E-state index in [0.717, 1.165) is 78.2 Å². The minimum Gasteiger partial charge on any atom is -0.309 e. The standard InChI is InChI=1S/C51H33N5/c1-4-13-34(14-5-1)45-33-46(54-50(53-45)36-15-6-2-7-16-36)35-22-26-40(27-23-35)55-47-21-11-10-19-41(47)42-28-24-37(31-48(42)55)38-25-29-43-44-20-12-30-52-51(44)56(49(43)32-38)39-17-8-3-9-18-39/h1-33H. The van der Waals surface area contributed by atoms with Crippen molar-refractivity contribution in [3.63, 3.8) is 0 Å². The van der Waals surface area contributed by atoms with Gasteiger partial charge in [-0.1, -0.05) is 133 Å². The van der Waals surface area contributed by atoms with Crippen LogP contribution in [0, 0.1) is 0 Å². The predicted octanol–water partition coefficient (Wildman–Crippen LogP) is 12.7. The van der Waals surface area contributed by atoms with Gasteiger partial charge in [0.1, 0.15) is 5.65 Å². The molecule has 0 aliphatic carbocycles. The number of benzene rings is 7. The van der Waals surface area contributed by atoms with Crippen LogP contribution in [0.5, 0.6) is 0 Å². The third-order valence-electron chi connectivity index (χ3n) is 10.8. The van der Waals surface area contributed by atoms with Crippen molar-refractivity contribution in [1.29, 1.82) is 0 Å². The van der Waals surface area contributed by atoms with Gasteiger partial charge in [-0.25, -0.2) is 15.0 Å². The Morgan fingerprint density at radius 1 is 0.321 bits per heavy atom. The first-order chi connectivity index (χ1) is 27.8. The average Bonchev–Trinajstić information content (AvgIpc) is 3.79. The summed E-state index contributed by atoms with van der Waals surface area (Å²) in [4.78, 5) is 14.9. The zero-order chi connectivity index (χ0) is 37.0. The molecule has 5 heteroatoms. The van der Waals surface area contributed by atoms with Crippen molar-refractivity contribution in [2.75, 3.05) is 0 Å². The van der Waals surface area contributed by atoms with Crippen LogP contribution in [0.25, 0.3) is 100 Å². The zero-order valence-corrected chi connectivity index (χ0v) is 30.3. The van der Waals surface area contributed by atoms with Crippen LogP contribution in [0.3, 0.4) is 0 Å². The van der Waals surface area contributed by atoms with Gasteiger partial charge >= 0.3 is 0 Å². The van der Waals surface area contributed by atoms with Crippen molar-refractivity contribution < 1.29 is 0 Å². The summed E-state index contributed by atoms with van der Waals surface area (Å²) in [5.74, 6) is 0.708. The minimum absolute atomic E-state index is 0.708. The van der Waals surface area contributed by atoms with Crippen LogP contribution in [0.1, 0.15) is 0 Å². The Bertz CT molecular complexity index is 3160. The summed E-state index contributed by atoms with van der Waals surface area (Å²) in [7, 11) is 0. The van der Waals surface area contributed by atoms with Gasteiger partial charge < -0.3 is 4.57 Å². The SMILES string of the molecule is c1ccc(-c2cc(-c3ccc(-n4c5ccccc5c5ccc(-c6ccc7c8cccnc8n(-c8ccccc8)c7c6)cc54)cc3)nc(-c3ccccc3)n2)cc1. The molecule has 0 spiro atoms. The minimum atomic E-state index is 0.708. The topological polar surface area (TPSA) is 48.5 Å². The molecule has 0 aliphatic rings. The normalized spacial score (nSPS) is 11.6. The molecule has 0 N–H and O–H groups in total. The molecule has 11 rings (SSSR count). The van der Waals surface area contributed by atoms with E-state index in [2.05, 4.69) is 161 Å². The summed E-state index contributed by atoms with van der Waals surface area (Å²) in [6, 6.07) is 68.4. The van der Waals surface area contributed by atoms with Gasteiger partial charge in [0.15, 0.2) is 5.82 Å². The van der Waals surface area contributed by atoms with E-state index in [-0.39, 0.29) is 0 Å². The predicted molar refractivity (Wildman–Crippen MR) is 230 cm³/mol. The van der Waals surface area contributed by atoms with E-state index in [9.17, 15) is 0 Å². The van der Waals surface area contributed by atoms with E-state index in [1.54, 1.807) is 0 Å². The molecule has 0 amide bonds. The van der Waals surface area contributed by atoms with Crippen molar-refractivity contribution in [3.8, 4) is 56.4 Å². The first-order valence-corrected chi connectivity index (χ1v) is 18.9. The molecule has 0 saturated carbocycles. The number of aromatic nitrogens is 5. The molecule has 4 heterocycles. The second-order valence-electron chi connectivity index (χ2n) is 14.1. The smallest absolute Gasteiger partial charge is 0.160 e. The summed E-state index contributed by atoms with van der Waals surface area (Å²) < 4.78 is 4.65. The second-order valence-corrected chi connectivity index (χ2v) is 14.1. The van der Waals surface area contributed by atoms with E-state index >= 15 is 0 Å². The van der Waals surface area contributed by atoms with Crippen LogP contribution in [0.4, 0.5) is 0 Å². The number of rotatable bonds is 6. The molecular formula is C51H33N5. The molecular weight excluding hydrogens is 683 g/mol. The van der Waals surface area contributed by atoms with Gasteiger partial charge in [0.25, 0.3) is 0 Å². The van der Waals surface area contributed by atoms with Crippen LogP contribution in [0.2, 0.25) is 0 Å². The highest BCUT2D eigenvalue weighted by atomic mass is 15.0. The fourth-order valence-corrected chi connectivity index (χ4v) is 8.14. The summed E-state index contributed by atoms with van der Waals surface area (Å²) >= 11 is 0. The third-order valence-corrected chi connectivity index (χ3v) is 10.8. The molecule has 0 saturated heterocycles. The first-order valence-electron chi connectivity index (χ1n) is 18.9. The highest BCUT2D eigenvalue weighted by Crippen LogP contribution is 2.38. The van der Waals surface area contributed by atoms with Crippen LogP contribution in [0.15, 0.2) is 200 Å². The first kappa shape index (κ1) is 31.9. The van der Waals surface area contributed by atoms with E-state index in [0.29, 0.717) is 5.82 Å². The molecule has 56 heavy (non-hydrogen) atoms. The van der Waals surface area contributed by atoms with Crippen LogP contribution < -0.4 is 0 Å². The Morgan fingerprint density at radius 2 is 0.821 bits per heavy atom. The lowest BCUT2D eigenvalue weighted by atomic mass is 10.0. The van der Waals surface area contributed by atoms with E-state index in [1.165, 1.54) is 16.2 Å². The largest absolute Gasteiger partial charge is 0.309 e. The van der Waals surface area contributed by atoms with Crippen molar-refractivity contribution in [3.05, 3.63) is 200 Å². The van der Waals surface area contributed by atoms with Gasteiger partial charge in [0, 0.05) is 55.8 Å². The average molecular weight is 716 g/mol. The lowest BCUT2D eigenvalue weighted by Crippen LogP contribution is -1.97. The highest BCUT2D eigenvalue weighted by molar-refractivity contribution is 6.11. The van der Waals surface area contributed by atoms with E-state index in [1.807, 2.05) is 48.7 Å². The van der Waals surface area contributed by atoms with E-state index in [4.69, 9.17) is 15.0 Å². The molecule has 0 aliphatic heterocycles.